The maximum absolute atomic E-state index is 13.7. The Morgan fingerprint density at radius 1 is 1.36 bits per heavy atom. The van der Waals surface area contributed by atoms with Gasteiger partial charge in [0.05, 0.1) is 23.7 Å². The molecule has 0 aliphatic heterocycles. The van der Waals surface area contributed by atoms with Gasteiger partial charge in [-0.25, -0.2) is 9.37 Å². The van der Waals surface area contributed by atoms with Crippen LogP contribution in [-0.4, -0.2) is 29.4 Å². The van der Waals surface area contributed by atoms with E-state index in [1.807, 2.05) is 6.07 Å². The Morgan fingerprint density at radius 2 is 2.14 bits per heavy atom. The highest BCUT2D eigenvalue weighted by Gasteiger charge is 2.17. The number of carbonyl (C=O) groups is 1. The van der Waals surface area contributed by atoms with Crippen LogP contribution in [0, 0.1) is 17.1 Å². The van der Waals surface area contributed by atoms with Crippen molar-refractivity contribution in [2.75, 3.05) is 18.9 Å². The molecule has 1 aromatic carbocycles. The minimum absolute atomic E-state index is 0.245. The summed E-state index contributed by atoms with van der Waals surface area (Å²) in [4.78, 5) is 17.9. The Morgan fingerprint density at radius 3 is 2.86 bits per heavy atom. The third kappa shape index (κ3) is 3.58. The molecular weight excluding hydrogens is 283 g/mol. The Kier molecular flexibility index (Phi) is 5.04. The minimum atomic E-state index is -0.426. The number of hydrogen-bond donors (Lipinski definition) is 1. The molecule has 112 valence electrons. The van der Waals surface area contributed by atoms with Gasteiger partial charge in [-0.15, -0.1) is 0 Å². The molecule has 0 radical (unpaired) electrons. The number of amides is 1. The Bertz CT molecular complexity index is 711. The van der Waals surface area contributed by atoms with E-state index in [-0.39, 0.29) is 23.8 Å². The van der Waals surface area contributed by atoms with Gasteiger partial charge in [0.1, 0.15) is 11.6 Å². The molecule has 1 amide bonds. The number of rotatable bonds is 5. The molecule has 1 aromatic heterocycles. The van der Waals surface area contributed by atoms with Gasteiger partial charge in [0.2, 0.25) is 0 Å². The van der Waals surface area contributed by atoms with Crippen LogP contribution in [0.1, 0.15) is 16.8 Å². The molecule has 0 fully saturated rings. The number of aromatic nitrogens is 1. The molecule has 0 unspecified atom stereocenters. The summed E-state index contributed by atoms with van der Waals surface area (Å²) in [6.45, 7) is 0.323. The summed E-state index contributed by atoms with van der Waals surface area (Å²) in [5.74, 6) is -0.423. The van der Waals surface area contributed by atoms with Crippen LogP contribution in [-0.2, 0) is 0 Å². The fraction of sp³-hybridized carbons (Fsp3) is 0.188. The van der Waals surface area contributed by atoms with Gasteiger partial charge in [0.15, 0.2) is 0 Å². The first-order valence-corrected chi connectivity index (χ1v) is 6.72. The average Bonchev–Trinajstić information content (AvgIpc) is 2.54. The summed E-state index contributed by atoms with van der Waals surface area (Å²) < 4.78 is 13.7. The number of benzene rings is 1. The Labute approximate surface area is 128 Å². The molecule has 6 heteroatoms. The molecule has 5 nitrogen and oxygen atoms in total. The molecule has 0 spiro atoms. The standard InChI is InChI=1S/C16H15FN4O/c1-21(11-5-9-18)16(22)12-6-4-10-19-15(12)20-14-8-3-2-7-13(14)17/h2-4,6-8,10H,5,11H2,1H3,(H,19,20). The van der Waals surface area contributed by atoms with Crippen molar-refractivity contribution in [3.8, 4) is 6.07 Å². The fourth-order valence-electron chi connectivity index (χ4n) is 1.89. The van der Waals surface area contributed by atoms with Crippen molar-refractivity contribution >= 4 is 17.4 Å². The second kappa shape index (κ2) is 7.18. The van der Waals surface area contributed by atoms with E-state index in [0.717, 1.165) is 0 Å². The first kappa shape index (κ1) is 15.4. The zero-order chi connectivity index (χ0) is 15.9. The summed E-state index contributed by atoms with van der Waals surface area (Å²) in [7, 11) is 1.61. The Hall–Kier alpha value is -2.94. The molecular formula is C16H15FN4O. The third-order valence-electron chi connectivity index (χ3n) is 3.07. The lowest BCUT2D eigenvalue weighted by atomic mass is 10.2. The van der Waals surface area contributed by atoms with Crippen LogP contribution in [0.4, 0.5) is 15.9 Å². The van der Waals surface area contributed by atoms with Crippen molar-refractivity contribution in [3.05, 3.63) is 54.0 Å². The molecule has 0 bridgehead atoms. The lowest BCUT2D eigenvalue weighted by molar-refractivity contribution is 0.0798. The van der Waals surface area contributed by atoms with E-state index in [4.69, 9.17) is 5.26 Å². The van der Waals surface area contributed by atoms with Gasteiger partial charge < -0.3 is 10.2 Å². The zero-order valence-electron chi connectivity index (χ0n) is 12.1. The monoisotopic (exact) mass is 298 g/mol. The minimum Gasteiger partial charge on any atom is -0.341 e. The zero-order valence-corrected chi connectivity index (χ0v) is 12.1. The number of anilines is 2. The SMILES string of the molecule is CN(CCC#N)C(=O)c1cccnc1Nc1ccccc1F. The van der Waals surface area contributed by atoms with Crippen LogP contribution < -0.4 is 5.32 Å². The van der Waals surface area contributed by atoms with E-state index >= 15 is 0 Å². The van der Waals surface area contributed by atoms with Gasteiger partial charge in [-0.05, 0) is 24.3 Å². The topological polar surface area (TPSA) is 69.0 Å². The van der Waals surface area contributed by atoms with Crippen LogP contribution in [0.5, 0.6) is 0 Å². The third-order valence-corrected chi connectivity index (χ3v) is 3.07. The van der Waals surface area contributed by atoms with Crippen molar-refractivity contribution in [1.82, 2.24) is 9.88 Å². The molecule has 1 heterocycles. The largest absolute Gasteiger partial charge is 0.341 e. The van der Waals surface area contributed by atoms with Crippen LogP contribution in [0.3, 0.4) is 0 Å². The van der Waals surface area contributed by atoms with Crippen LogP contribution in [0.25, 0.3) is 0 Å². The summed E-state index contributed by atoms with van der Waals surface area (Å²) in [6.07, 6.45) is 1.77. The Balaban J connectivity index is 2.26. The summed E-state index contributed by atoms with van der Waals surface area (Å²) >= 11 is 0. The number of carbonyl (C=O) groups excluding carboxylic acids is 1. The van der Waals surface area contributed by atoms with Crippen LogP contribution >= 0.6 is 0 Å². The first-order valence-electron chi connectivity index (χ1n) is 6.72. The van der Waals surface area contributed by atoms with E-state index in [9.17, 15) is 9.18 Å². The fourth-order valence-corrected chi connectivity index (χ4v) is 1.89. The van der Waals surface area contributed by atoms with Crippen molar-refractivity contribution in [3.63, 3.8) is 0 Å². The van der Waals surface area contributed by atoms with E-state index < -0.39 is 5.82 Å². The van der Waals surface area contributed by atoms with Gasteiger partial charge in [-0.2, -0.15) is 5.26 Å². The predicted octanol–water partition coefficient (Wildman–Crippen LogP) is 2.95. The van der Waals surface area contributed by atoms with Crippen molar-refractivity contribution < 1.29 is 9.18 Å². The predicted molar refractivity (Wildman–Crippen MR) is 81.1 cm³/mol. The van der Waals surface area contributed by atoms with Crippen LogP contribution in [0.2, 0.25) is 0 Å². The number of para-hydroxylation sites is 1. The number of pyridine rings is 1. The van der Waals surface area contributed by atoms with E-state index in [0.29, 0.717) is 12.1 Å². The number of nitrogens with zero attached hydrogens (tertiary/aromatic N) is 3. The number of hydrogen-bond acceptors (Lipinski definition) is 4. The van der Waals surface area contributed by atoms with Crippen LogP contribution in [0.15, 0.2) is 42.6 Å². The van der Waals surface area contributed by atoms with Gasteiger partial charge in [-0.3, -0.25) is 4.79 Å². The smallest absolute Gasteiger partial charge is 0.257 e. The number of halogens is 1. The average molecular weight is 298 g/mol. The number of nitriles is 1. The molecule has 0 saturated heterocycles. The molecule has 1 N–H and O–H groups in total. The highest BCUT2D eigenvalue weighted by Crippen LogP contribution is 2.21. The molecule has 2 rings (SSSR count). The molecule has 22 heavy (non-hydrogen) atoms. The molecule has 2 aromatic rings. The molecule has 0 aliphatic rings. The van der Waals surface area contributed by atoms with Gasteiger partial charge in [0.25, 0.3) is 5.91 Å². The van der Waals surface area contributed by atoms with Gasteiger partial charge >= 0.3 is 0 Å². The maximum Gasteiger partial charge on any atom is 0.257 e. The van der Waals surface area contributed by atoms with E-state index in [2.05, 4.69) is 10.3 Å². The quantitative estimate of drug-likeness (QED) is 0.921. The van der Waals surface area contributed by atoms with Crippen molar-refractivity contribution in [2.45, 2.75) is 6.42 Å². The number of nitrogens with one attached hydrogen (secondary N) is 1. The van der Waals surface area contributed by atoms with E-state index in [1.165, 1.54) is 17.2 Å². The summed E-state index contributed by atoms with van der Waals surface area (Å²) in [5.41, 5.74) is 0.570. The molecule has 0 atom stereocenters. The first-order chi connectivity index (χ1) is 10.6. The second-order valence-corrected chi connectivity index (χ2v) is 4.64. The van der Waals surface area contributed by atoms with Crippen molar-refractivity contribution in [2.24, 2.45) is 0 Å². The van der Waals surface area contributed by atoms with E-state index in [1.54, 1.807) is 37.4 Å². The highest BCUT2D eigenvalue weighted by atomic mass is 19.1. The highest BCUT2D eigenvalue weighted by molar-refractivity contribution is 5.99. The van der Waals surface area contributed by atoms with Gasteiger partial charge in [0, 0.05) is 19.8 Å². The van der Waals surface area contributed by atoms with Crippen molar-refractivity contribution in [1.29, 1.82) is 5.26 Å². The maximum atomic E-state index is 13.7. The summed E-state index contributed by atoms with van der Waals surface area (Å²) in [6, 6.07) is 11.4. The molecule has 0 saturated carbocycles. The lowest BCUT2D eigenvalue weighted by Crippen LogP contribution is -2.28. The normalized spacial score (nSPS) is 9.86. The molecule has 0 aliphatic carbocycles. The lowest BCUT2D eigenvalue weighted by Gasteiger charge is -2.17. The van der Waals surface area contributed by atoms with Gasteiger partial charge in [-0.1, -0.05) is 12.1 Å². The summed E-state index contributed by atoms with van der Waals surface area (Å²) in [5, 5.41) is 11.4. The second-order valence-electron chi connectivity index (χ2n) is 4.64.